The van der Waals surface area contributed by atoms with Crippen molar-refractivity contribution in [2.24, 2.45) is 10.2 Å². The molecular formula is C36H47N4O10+. The number of phenolic OH excluding ortho intramolecular Hbond substituents is 2. The SMILES string of the molecule is COc1cccc2c1C(=O)c1c(O)c3c(c(O)c1C2=O)CC(O)(C(C)=NN=C1CC(C)(C)N(O)C(C)(C)C1)CC3OC1CC([NH3+])C(O)C(C)O1. The number of carbonyl (C=O) groups excluding carboxylic acids is 2. The van der Waals surface area contributed by atoms with Crippen LogP contribution in [0.5, 0.6) is 17.2 Å². The number of hydroxylamine groups is 2. The minimum absolute atomic E-state index is 0.00773. The van der Waals surface area contributed by atoms with Crippen LogP contribution in [-0.4, -0.2) is 102 Å². The van der Waals surface area contributed by atoms with Gasteiger partial charge in [-0.2, -0.15) is 15.3 Å². The first kappa shape index (κ1) is 36.0. The molecule has 2 fully saturated rings. The summed E-state index contributed by atoms with van der Waals surface area (Å²) in [6.45, 7) is 10.9. The summed E-state index contributed by atoms with van der Waals surface area (Å²) in [4.78, 5) is 27.9. The van der Waals surface area contributed by atoms with Gasteiger partial charge in [-0.05, 0) is 47.6 Å². The van der Waals surface area contributed by atoms with E-state index in [1.807, 2.05) is 27.7 Å². The lowest BCUT2D eigenvalue weighted by molar-refractivity contribution is -0.466. The molecule has 2 aliphatic carbocycles. The number of rotatable bonds is 5. The van der Waals surface area contributed by atoms with Crippen molar-refractivity contribution in [2.75, 3.05) is 7.11 Å². The average molecular weight is 696 g/mol. The Morgan fingerprint density at radius 1 is 1.02 bits per heavy atom. The van der Waals surface area contributed by atoms with Gasteiger partial charge in [-0.3, -0.25) is 9.59 Å². The highest BCUT2D eigenvalue weighted by molar-refractivity contribution is 6.31. The first-order valence-corrected chi connectivity index (χ1v) is 16.8. The van der Waals surface area contributed by atoms with Gasteiger partial charge in [0.25, 0.3) is 0 Å². The van der Waals surface area contributed by atoms with E-state index in [9.17, 15) is 35.2 Å². The molecule has 2 aromatic rings. The number of phenols is 2. The number of aromatic hydroxyl groups is 2. The number of ketones is 2. The van der Waals surface area contributed by atoms with Crippen LogP contribution in [0.4, 0.5) is 0 Å². The summed E-state index contributed by atoms with van der Waals surface area (Å²) < 4.78 is 17.7. The monoisotopic (exact) mass is 695 g/mol. The third-order valence-corrected chi connectivity index (χ3v) is 10.7. The van der Waals surface area contributed by atoms with Crippen LogP contribution < -0.4 is 10.5 Å². The Kier molecular flexibility index (Phi) is 8.99. The number of fused-ring (bicyclic) bond motifs is 3. The Morgan fingerprint density at radius 3 is 2.28 bits per heavy atom. The van der Waals surface area contributed by atoms with Gasteiger partial charge in [-0.1, -0.05) is 12.1 Å². The third-order valence-electron chi connectivity index (χ3n) is 10.7. The predicted molar refractivity (Wildman–Crippen MR) is 180 cm³/mol. The standard InChI is InChI=1S/C36H46N4O10/c1-16-29(41)21(37)11-24(49-16)50-23-15-36(46,17(2)38-39-18-12-34(3,4)40(47)35(5,6)13-18)14-20-26(23)33(45)28-27(31(20)43)30(42)19-9-8-10-22(48-7)25(19)32(28)44/h8-10,16,21,23-24,29,41,43,45-47H,11-15,37H2,1-7H3/p+1. The molecule has 0 saturated carbocycles. The van der Waals surface area contributed by atoms with Crippen molar-refractivity contribution < 1.29 is 55.2 Å². The van der Waals surface area contributed by atoms with Gasteiger partial charge >= 0.3 is 0 Å². The van der Waals surface area contributed by atoms with Gasteiger partial charge < -0.3 is 45.6 Å². The van der Waals surface area contributed by atoms with E-state index in [-0.39, 0.29) is 64.1 Å². The normalized spacial score (nSPS) is 30.7. The number of piperidine rings is 1. The second kappa shape index (κ2) is 12.5. The van der Waals surface area contributed by atoms with Crippen molar-refractivity contribution in [3.8, 4) is 17.2 Å². The molecule has 0 amide bonds. The minimum atomic E-state index is -1.80. The largest absolute Gasteiger partial charge is 0.507 e. The summed E-state index contributed by atoms with van der Waals surface area (Å²) in [7, 11) is 1.36. The van der Waals surface area contributed by atoms with Crippen molar-refractivity contribution in [1.82, 2.24) is 5.06 Å². The highest BCUT2D eigenvalue weighted by Crippen LogP contribution is 2.52. The predicted octanol–water partition coefficient (Wildman–Crippen LogP) is 2.58. The number of hydrogen-bond acceptors (Lipinski definition) is 13. The number of aliphatic hydroxyl groups is 2. The van der Waals surface area contributed by atoms with Gasteiger partial charge in [-0.15, -0.1) is 0 Å². The van der Waals surface area contributed by atoms with Crippen LogP contribution in [0.1, 0.15) is 116 Å². The maximum atomic E-state index is 14.0. The first-order valence-electron chi connectivity index (χ1n) is 16.8. The van der Waals surface area contributed by atoms with E-state index in [1.165, 1.54) is 24.3 Å². The lowest BCUT2D eigenvalue weighted by Crippen LogP contribution is -2.71. The Hall–Kier alpha value is -3.76. The zero-order valence-corrected chi connectivity index (χ0v) is 29.5. The number of carbonyl (C=O) groups is 2. The highest BCUT2D eigenvalue weighted by Gasteiger charge is 2.49. The summed E-state index contributed by atoms with van der Waals surface area (Å²) in [5.41, 5.74) is 1.14. The summed E-state index contributed by atoms with van der Waals surface area (Å²) in [5.74, 6) is -2.38. The minimum Gasteiger partial charge on any atom is -0.507 e. The molecule has 6 unspecified atom stereocenters. The second-order valence-electron chi connectivity index (χ2n) is 15.3. The molecule has 2 aliphatic heterocycles. The Bertz CT molecular complexity index is 1790. The van der Waals surface area contributed by atoms with Crippen LogP contribution in [0.15, 0.2) is 28.4 Å². The molecule has 6 rings (SSSR count). The smallest absolute Gasteiger partial charge is 0.202 e. The van der Waals surface area contributed by atoms with E-state index < -0.39 is 70.4 Å². The van der Waals surface area contributed by atoms with Crippen molar-refractivity contribution in [3.05, 3.63) is 51.6 Å². The van der Waals surface area contributed by atoms with Crippen LogP contribution in [-0.2, 0) is 15.9 Å². The fourth-order valence-electron chi connectivity index (χ4n) is 8.07. The second-order valence-corrected chi connectivity index (χ2v) is 15.3. The van der Waals surface area contributed by atoms with Crippen LogP contribution in [0.3, 0.4) is 0 Å². The van der Waals surface area contributed by atoms with E-state index in [0.29, 0.717) is 12.8 Å². The van der Waals surface area contributed by atoms with Crippen molar-refractivity contribution in [3.63, 3.8) is 0 Å². The van der Waals surface area contributed by atoms with E-state index in [1.54, 1.807) is 19.9 Å². The zero-order valence-electron chi connectivity index (χ0n) is 29.5. The average Bonchev–Trinajstić information content (AvgIpc) is 3.04. The van der Waals surface area contributed by atoms with E-state index in [4.69, 9.17) is 14.2 Å². The molecular weight excluding hydrogens is 648 g/mol. The lowest BCUT2D eigenvalue weighted by atomic mass is 9.71. The molecule has 4 aliphatic rings. The molecule has 0 bridgehead atoms. The van der Waals surface area contributed by atoms with Gasteiger partial charge in [-0.25, -0.2) is 0 Å². The molecule has 2 heterocycles. The number of hydrogen-bond donors (Lipinski definition) is 6. The van der Waals surface area contributed by atoms with Gasteiger partial charge in [0.2, 0.25) is 5.78 Å². The maximum absolute atomic E-state index is 14.0. The van der Waals surface area contributed by atoms with Gasteiger partial charge in [0.05, 0.1) is 48.1 Å². The van der Waals surface area contributed by atoms with Gasteiger partial charge in [0, 0.05) is 59.2 Å². The number of ether oxygens (including phenoxy) is 3. The Morgan fingerprint density at radius 2 is 1.66 bits per heavy atom. The van der Waals surface area contributed by atoms with Crippen LogP contribution in [0, 0.1) is 0 Å². The highest BCUT2D eigenvalue weighted by atomic mass is 16.7. The molecule has 0 spiro atoms. The molecule has 0 aromatic heterocycles. The van der Waals surface area contributed by atoms with E-state index in [2.05, 4.69) is 15.9 Å². The fourth-order valence-corrected chi connectivity index (χ4v) is 8.07. The number of aliphatic hydroxyl groups excluding tert-OH is 1. The molecule has 2 aromatic carbocycles. The molecule has 0 radical (unpaired) electrons. The number of methoxy groups -OCH3 is 1. The van der Waals surface area contributed by atoms with Crippen molar-refractivity contribution in [2.45, 2.75) is 121 Å². The summed E-state index contributed by atoms with van der Waals surface area (Å²) in [6.07, 6.45) is -3.02. The van der Waals surface area contributed by atoms with E-state index in [0.717, 1.165) is 5.71 Å². The zero-order chi connectivity index (χ0) is 36.7. The molecule has 270 valence electrons. The van der Waals surface area contributed by atoms with Crippen molar-refractivity contribution >= 4 is 23.0 Å². The van der Waals surface area contributed by atoms with Crippen LogP contribution in [0.2, 0.25) is 0 Å². The molecule has 14 heteroatoms. The van der Waals surface area contributed by atoms with Crippen LogP contribution in [0.25, 0.3) is 0 Å². The fraction of sp³-hybridized carbons (Fsp3) is 0.556. The molecule has 6 atom stereocenters. The first-order chi connectivity index (χ1) is 23.3. The number of benzene rings is 2. The molecule has 50 heavy (non-hydrogen) atoms. The Balaban J connectivity index is 1.46. The molecule has 8 N–H and O–H groups in total. The van der Waals surface area contributed by atoms with Crippen LogP contribution >= 0.6 is 0 Å². The van der Waals surface area contributed by atoms with E-state index >= 15 is 0 Å². The lowest BCUT2D eigenvalue weighted by Gasteiger charge is -2.48. The maximum Gasteiger partial charge on any atom is 0.202 e. The number of nitrogens with zero attached hydrogens (tertiary/aromatic N) is 3. The third kappa shape index (κ3) is 5.82. The summed E-state index contributed by atoms with van der Waals surface area (Å²) >= 11 is 0. The van der Waals surface area contributed by atoms with Gasteiger partial charge in [0.1, 0.15) is 35.0 Å². The molecule has 14 nitrogen and oxygen atoms in total. The Labute approximate surface area is 290 Å². The topological polar surface area (TPSA) is 219 Å². The van der Waals surface area contributed by atoms with Gasteiger partial charge in [0.15, 0.2) is 12.1 Å². The number of quaternary nitrogens is 1. The van der Waals surface area contributed by atoms with Crippen molar-refractivity contribution in [1.29, 1.82) is 0 Å². The summed E-state index contributed by atoms with van der Waals surface area (Å²) in [5, 5.41) is 67.4. The quantitative estimate of drug-likeness (QED) is 0.129. The summed E-state index contributed by atoms with van der Waals surface area (Å²) in [6, 6.07) is 4.08. The molecule has 2 saturated heterocycles.